The van der Waals surface area contributed by atoms with E-state index in [1.54, 1.807) is 0 Å². The third-order valence-electron chi connectivity index (χ3n) is 3.24. The number of para-hydroxylation sites is 1. The van der Waals surface area contributed by atoms with Crippen molar-refractivity contribution in [1.29, 1.82) is 0 Å². The van der Waals surface area contributed by atoms with Crippen molar-refractivity contribution in [1.82, 2.24) is 0 Å². The van der Waals surface area contributed by atoms with Crippen molar-refractivity contribution in [3.63, 3.8) is 0 Å². The van der Waals surface area contributed by atoms with Crippen molar-refractivity contribution >= 4 is 5.69 Å². The summed E-state index contributed by atoms with van der Waals surface area (Å²) in [4.78, 5) is 0. The van der Waals surface area contributed by atoms with Gasteiger partial charge in [0.15, 0.2) is 0 Å². The Hall–Kier alpha value is -1.76. The second-order valence-electron chi connectivity index (χ2n) is 5.63. The van der Waals surface area contributed by atoms with Crippen molar-refractivity contribution in [2.24, 2.45) is 0 Å². The molecule has 0 amide bonds. The van der Waals surface area contributed by atoms with Crippen LogP contribution in [-0.4, -0.2) is 7.05 Å². The number of nitrogens with one attached hydrogen (secondary N) is 1. The van der Waals surface area contributed by atoms with Gasteiger partial charge in [0.25, 0.3) is 0 Å². The quantitative estimate of drug-likeness (QED) is 0.801. The Balaban J connectivity index is 2.51. The fourth-order valence-electron chi connectivity index (χ4n) is 2.11. The molecule has 0 unspecified atom stereocenters. The van der Waals surface area contributed by atoms with Gasteiger partial charge < -0.3 is 5.32 Å². The summed E-state index contributed by atoms with van der Waals surface area (Å²) in [6.07, 6.45) is 0. The van der Waals surface area contributed by atoms with Crippen LogP contribution in [0.1, 0.15) is 26.3 Å². The molecule has 0 atom stereocenters. The third kappa shape index (κ3) is 2.56. The van der Waals surface area contributed by atoms with Gasteiger partial charge in [-0.2, -0.15) is 0 Å². The number of hydrogen-bond acceptors (Lipinski definition) is 1. The maximum Gasteiger partial charge on any atom is 0.0417 e. The lowest BCUT2D eigenvalue weighted by atomic mass is 9.85. The molecule has 94 valence electrons. The molecule has 0 aliphatic carbocycles. The van der Waals surface area contributed by atoms with Crippen LogP contribution in [0, 0.1) is 0 Å². The molecular formula is C17H21N. The Morgan fingerprint density at radius 1 is 0.889 bits per heavy atom. The van der Waals surface area contributed by atoms with E-state index < -0.39 is 0 Å². The standard InChI is InChI=1S/C17H21N/c1-17(2,3)14-9-7-8-13(12-14)15-10-5-6-11-16(15)18-4/h5-12,18H,1-4H3. The zero-order valence-corrected chi connectivity index (χ0v) is 11.6. The number of benzene rings is 2. The van der Waals surface area contributed by atoms with E-state index >= 15 is 0 Å². The predicted octanol–water partition coefficient (Wildman–Crippen LogP) is 4.69. The Kier molecular flexibility index (Phi) is 3.42. The van der Waals surface area contributed by atoms with Crippen LogP contribution in [0.3, 0.4) is 0 Å². The molecule has 0 heterocycles. The Bertz CT molecular complexity index is 535. The lowest BCUT2D eigenvalue weighted by Gasteiger charge is -2.20. The van der Waals surface area contributed by atoms with Gasteiger partial charge in [-0.1, -0.05) is 63.2 Å². The molecule has 0 bridgehead atoms. The molecule has 1 N–H and O–H groups in total. The summed E-state index contributed by atoms with van der Waals surface area (Å²) in [5, 5.41) is 3.25. The highest BCUT2D eigenvalue weighted by atomic mass is 14.8. The van der Waals surface area contributed by atoms with Crippen molar-refractivity contribution in [2.75, 3.05) is 12.4 Å². The third-order valence-corrected chi connectivity index (χ3v) is 3.24. The van der Waals surface area contributed by atoms with E-state index in [-0.39, 0.29) is 5.41 Å². The van der Waals surface area contributed by atoms with E-state index in [0.29, 0.717) is 0 Å². The van der Waals surface area contributed by atoms with Crippen LogP contribution in [-0.2, 0) is 5.41 Å². The number of anilines is 1. The van der Waals surface area contributed by atoms with Gasteiger partial charge in [-0.25, -0.2) is 0 Å². The van der Waals surface area contributed by atoms with Crippen molar-refractivity contribution < 1.29 is 0 Å². The fraction of sp³-hybridized carbons (Fsp3) is 0.294. The molecule has 1 nitrogen and oxygen atoms in total. The van der Waals surface area contributed by atoms with Crippen molar-refractivity contribution in [3.05, 3.63) is 54.1 Å². The molecule has 2 aromatic rings. The summed E-state index contributed by atoms with van der Waals surface area (Å²) in [6, 6.07) is 17.2. The average Bonchev–Trinajstić information content (AvgIpc) is 2.38. The summed E-state index contributed by atoms with van der Waals surface area (Å²) >= 11 is 0. The van der Waals surface area contributed by atoms with Gasteiger partial charge in [0, 0.05) is 18.3 Å². The second kappa shape index (κ2) is 4.85. The zero-order chi connectivity index (χ0) is 13.2. The minimum atomic E-state index is 0.185. The first kappa shape index (κ1) is 12.7. The lowest BCUT2D eigenvalue weighted by Crippen LogP contribution is -2.10. The highest BCUT2D eigenvalue weighted by Gasteiger charge is 2.14. The molecule has 0 aliphatic heterocycles. The van der Waals surface area contributed by atoms with E-state index in [2.05, 4.69) is 74.6 Å². The largest absolute Gasteiger partial charge is 0.388 e. The van der Waals surface area contributed by atoms with Crippen LogP contribution in [0.5, 0.6) is 0 Å². The van der Waals surface area contributed by atoms with Gasteiger partial charge >= 0.3 is 0 Å². The monoisotopic (exact) mass is 239 g/mol. The van der Waals surface area contributed by atoms with Gasteiger partial charge in [0.05, 0.1) is 0 Å². The van der Waals surface area contributed by atoms with E-state index in [9.17, 15) is 0 Å². The molecule has 2 rings (SSSR count). The van der Waals surface area contributed by atoms with Crippen LogP contribution in [0.4, 0.5) is 5.69 Å². The van der Waals surface area contributed by atoms with E-state index in [1.807, 2.05) is 7.05 Å². The van der Waals surface area contributed by atoms with Crippen LogP contribution < -0.4 is 5.32 Å². The number of hydrogen-bond donors (Lipinski definition) is 1. The molecule has 18 heavy (non-hydrogen) atoms. The molecule has 1 heteroatoms. The summed E-state index contributed by atoms with van der Waals surface area (Å²) in [6.45, 7) is 6.74. The fourth-order valence-corrected chi connectivity index (χ4v) is 2.11. The normalized spacial score (nSPS) is 11.3. The first-order valence-electron chi connectivity index (χ1n) is 6.40. The molecule has 0 saturated heterocycles. The van der Waals surface area contributed by atoms with Gasteiger partial charge in [0.2, 0.25) is 0 Å². The van der Waals surface area contributed by atoms with E-state index in [4.69, 9.17) is 0 Å². The summed E-state index contributed by atoms with van der Waals surface area (Å²) < 4.78 is 0. The lowest BCUT2D eigenvalue weighted by molar-refractivity contribution is 0.590. The minimum absolute atomic E-state index is 0.185. The molecule has 0 radical (unpaired) electrons. The summed E-state index contributed by atoms with van der Waals surface area (Å²) in [7, 11) is 1.96. The molecular weight excluding hydrogens is 218 g/mol. The molecule has 0 aromatic heterocycles. The molecule has 0 saturated carbocycles. The van der Waals surface area contributed by atoms with Crippen molar-refractivity contribution in [2.45, 2.75) is 26.2 Å². The highest BCUT2D eigenvalue weighted by molar-refractivity contribution is 5.78. The molecule has 2 aromatic carbocycles. The van der Waals surface area contributed by atoms with Crippen LogP contribution in [0.15, 0.2) is 48.5 Å². The Labute approximate surface area is 110 Å². The van der Waals surface area contributed by atoms with Crippen molar-refractivity contribution in [3.8, 4) is 11.1 Å². The van der Waals surface area contributed by atoms with Crippen LogP contribution >= 0.6 is 0 Å². The second-order valence-corrected chi connectivity index (χ2v) is 5.63. The zero-order valence-electron chi connectivity index (χ0n) is 11.6. The molecule has 0 spiro atoms. The van der Waals surface area contributed by atoms with Gasteiger partial charge in [-0.3, -0.25) is 0 Å². The highest BCUT2D eigenvalue weighted by Crippen LogP contribution is 2.31. The number of rotatable bonds is 2. The molecule has 0 fully saturated rings. The summed E-state index contributed by atoms with van der Waals surface area (Å²) in [5.74, 6) is 0. The minimum Gasteiger partial charge on any atom is -0.388 e. The van der Waals surface area contributed by atoms with E-state index in [0.717, 1.165) is 0 Å². The van der Waals surface area contributed by atoms with Gasteiger partial charge in [0.1, 0.15) is 0 Å². The topological polar surface area (TPSA) is 12.0 Å². The van der Waals surface area contributed by atoms with E-state index in [1.165, 1.54) is 22.4 Å². The smallest absolute Gasteiger partial charge is 0.0417 e. The van der Waals surface area contributed by atoms with Crippen LogP contribution in [0.25, 0.3) is 11.1 Å². The van der Waals surface area contributed by atoms with Gasteiger partial charge in [-0.15, -0.1) is 0 Å². The predicted molar refractivity (Wildman–Crippen MR) is 80.1 cm³/mol. The maximum atomic E-state index is 3.25. The Morgan fingerprint density at radius 3 is 2.28 bits per heavy atom. The first-order chi connectivity index (χ1) is 8.52. The Morgan fingerprint density at radius 2 is 1.61 bits per heavy atom. The molecule has 0 aliphatic rings. The average molecular weight is 239 g/mol. The maximum absolute atomic E-state index is 3.25. The first-order valence-corrected chi connectivity index (χ1v) is 6.40. The van der Waals surface area contributed by atoms with Crippen LogP contribution in [0.2, 0.25) is 0 Å². The van der Waals surface area contributed by atoms with Gasteiger partial charge in [-0.05, 0) is 22.6 Å². The summed E-state index contributed by atoms with van der Waals surface area (Å²) in [5.41, 5.74) is 5.25. The SMILES string of the molecule is CNc1ccccc1-c1cccc(C(C)(C)C)c1.